The molecule has 188 valence electrons. The van der Waals surface area contributed by atoms with Crippen molar-refractivity contribution < 1.29 is 23.8 Å². The van der Waals surface area contributed by atoms with Gasteiger partial charge in [0.05, 0.1) is 23.8 Å². The number of carbonyl (C=O) groups excluding carboxylic acids is 2. The Labute approximate surface area is 207 Å². The van der Waals surface area contributed by atoms with Gasteiger partial charge in [0.2, 0.25) is 0 Å². The number of fused-ring (bicyclic) bond motifs is 1. The lowest BCUT2D eigenvalue weighted by atomic mass is 9.95. The predicted octanol–water partition coefficient (Wildman–Crippen LogP) is 1.58. The van der Waals surface area contributed by atoms with Gasteiger partial charge >= 0.3 is 0 Å². The average Bonchev–Trinajstić information content (AvgIpc) is 2.84. The molecule has 0 saturated carbocycles. The summed E-state index contributed by atoms with van der Waals surface area (Å²) < 4.78 is 20.2. The van der Waals surface area contributed by atoms with Gasteiger partial charge in [0.25, 0.3) is 17.4 Å². The first kappa shape index (κ1) is 25.2. The predicted molar refractivity (Wildman–Crippen MR) is 127 cm³/mol. The molecule has 11 heteroatoms. The van der Waals surface area contributed by atoms with Gasteiger partial charge in [-0.15, -0.1) is 0 Å². The van der Waals surface area contributed by atoms with Crippen LogP contribution in [0.25, 0.3) is 0 Å². The minimum atomic E-state index is -0.776. The maximum absolute atomic E-state index is 13.5. The summed E-state index contributed by atoms with van der Waals surface area (Å²) in [4.78, 5) is 44.7. The van der Waals surface area contributed by atoms with Gasteiger partial charge in [-0.3, -0.25) is 23.9 Å². The molecule has 0 atom stereocenters. The Morgan fingerprint density at radius 2 is 1.89 bits per heavy atom. The zero-order valence-corrected chi connectivity index (χ0v) is 20.5. The van der Waals surface area contributed by atoms with Gasteiger partial charge in [0, 0.05) is 58.9 Å². The normalized spacial score (nSPS) is 16.3. The third kappa shape index (κ3) is 5.05. The zero-order valence-electron chi connectivity index (χ0n) is 19.7. The van der Waals surface area contributed by atoms with Crippen LogP contribution in [0.15, 0.2) is 23.0 Å². The molecular formula is C24H28ClFN4O5. The lowest BCUT2D eigenvalue weighted by Gasteiger charge is -2.32. The third-order valence-corrected chi connectivity index (χ3v) is 6.67. The summed E-state index contributed by atoms with van der Waals surface area (Å²) in [5, 5.41) is 10.8. The smallest absolute Gasteiger partial charge is 0.294 e. The van der Waals surface area contributed by atoms with Gasteiger partial charge in [-0.25, -0.2) is 4.39 Å². The van der Waals surface area contributed by atoms with Crippen molar-refractivity contribution in [3.63, 3.8) is 0 Å². The molecular weight excluding hydrogens is 479 g/mol. The number of aromatic nitrogens is 1. The summed E-state index contributed by atoms with van der Waals surface area (Å²) in [6.45, 7) is 3.69. The molecule has 2 amide bonds. The quantitative estimate of drug-likeness (QED) is 0.639. The fourth-order valence-corrected chi connectivity index (χ4v) is 4.69. The molecule has 1 saturated heterocycles. The monoisotopic (exact) mass is 506 g/mol. The summed E-state index contributed by atoms with van der Waals surface area (Å²) in [6, 6.07) is 4.18. The maximum Gasteiger partial charge on any atom is 0.294 e. The standard InChI is InChI=1S/C24H28ClFN4O5/c1-27(2)23(33)20-16-5-6-29(14-15-3-4-18(26)17(25)13-15)22(32)19(16)21(31)24(34)30(20)8-7-28-9-11-35-12-10-28/h3-4,13,31H,5-12,14H2,1-2H3. The van der Waals surface area contributed by atoms with E-state index in [-0.39, 0.29) is 42.3 Å². The van der Waals surface area contributed by atoms with E-state index in [0.717, 1.165) is 0 Å². The average molecular weight is 507 g/mol. The van der Waals surface area contributed by atoms with E-state index in [1.54, 1.807) is 14.1 Å². The van der Waals surface area contributed by atoms with Crippen LogP contribution in [-0.4, -0.2) is 89.7 Å². The molecule has 2 aromatic rings. The van der Waals surface area contributed by atoms with Crippen LogP contribution in [0, 0.1) is 5.82 Å². The Morgan fingerprint density at radius 3 is 2.54 bits per heavy atom. The second kappa shape index (κ2) is 10.3. The molecule has 9 nitrogen and oxygen atoms in total. The van der Waals surface area contributed by atoms with Crippen LogP contribution in [0.3, 0.4) is 0 Å². The van der Waals surface area contributed by atoms with Crippen LogP contribution in [0.4, 0.5) is 4.39 Å². The number of hydrogen-bond donors (Lipinski definition) is 1. The van der Waals surface area contributed by atoms with Gasteiger partial charge in [0.1, 0.15) is 11.5 Å². The van der Waals surface area contributed by atoms with E-state index in [1.165, 1.54) is 32.6 Å². The molecule has 2 aliphatic rings. The van der Waals surface area contributed by atoms with E-state index < -0.39 is 28.9 Å². The molecule has 2 aliphatic heterocycles. The van der Waals surface area contributed by atoms with E-state index in [4.69, 9.17) is 16.3 Å². The second-order valence-corrected chi connectivity index (χ2v) is 9.29. The lowest BCUT2D eigenvalue weighted by Crippen LogP contribution is -2.44. The van der Waals surface area contributed by atoms with E-state index >= 15 is 0 Å². The van der Waals surface area contributed by atoms with Crippen LogP contribution in [0.5, 0.6) is 5.75 Å². The number of halogens is 2. The largest absolute Gasteiger partial charge is 0.502 e. The summed E-state index contributed by atoms with van der Waals surface area (Å²) in [6.07, 6.45) is 0.274. The van der Waals surface area contributed by atoms with Crippen molar-refractivity contribution in [2.45, 2.75) is 19.5 Å². The molecule has 0 unspecified atom stereocenters. The van der Waals surface area contributed by atoms with Gasteiger partial charge in [-0.2, -0.15) is 0 Å². The Hall–Kier alpha value is -2.95. The van der Waals surface area contributed by atoms with Crippen LogP contribution >= 0.6 is 11.6 Å². The first-order valence-corrected chi connectivity index (χ1v) is 11.8. The number of hydrogen-bond acceptors (Lipinski definition) is 6. The Balaban J connectivity index is 1.70. The summed E-state index contributed by atoms with van der Waals surface area (Å²) >= 11 is 5.87. The number of ether oxygens (including phenoxy) is 1. The minimum absolute atomic E-state index is 0.0581. The molecule has 3 heterocycles. The summed E-state index contributed by atoms with van der Waals surface area (Å²) in [7, 11) is 3.15. The maximum atomic E-state index is 13.5. The molecule has 0 radical (unpaired) electrons. The van der Waals surface area contributed by atoms with Crippen molar-refractivity contribution in [2.75, 3.05) is 53.5 Å². The number of rotatable bonds is 6. The molecule has 1 aromatic heterocycles. The number of morpholine rings is 1. The number of benzene rings is 1. The topological polar surface area (TPSA) is 95.3 Å². The third-order valence-electron chi connectivity index (χ3n) is 6.38. The SMILES string of the molecule is CN(C)C(=O)c1c2c(c(O)c(=O)n1CCN1CCOCC1)C(=O)N(Cc1ccc(F)c(Cl)c1)CC2. The van der Waals surface area contributed by atoms with Crippen LogP contribution in [-0.2, 0) is 24.2 Å². The van der Waals surface area contributed by atoms with Gasteiger partial charge in [0.15, 0.2) is 5.75 Å². The van der Waals surface area contributed by atoms with Crippen LogP contribution < -0.4 is 5.56 Å². The zero-order chi connectivity index (χ0) is 25.3. The molecule has 1 N–H and O–H groups in total. The van der Waals surface area contributed by atoms with Crippen molar-refractivity contribution in [3.05, 3.63) is 61.8 Å². The molecule has 1 fully saturated rings. The van der Waals surface area contributed by atoms with Crippen molar-refractivity contribution >= 4 is 23.4 Å². The Bertz CT molecular complexity index is 1210. The first-order valence-electron chi connectivity index (χ1n) is 11.4. The number of nitrogens with zero attached hydrogens (tertiary/aromatic N) is 4. The molecule has 4 rings (SSSR count). The summed E-state index contributed by atoms with van der Waals surface area (Å²) in [5.74, 6) is -2.20. The number of amides is 2. The van der Waals surface area contributed by atoms with Crippen LogP contribution in [0.1, 0.15) is 32.0 Å². The van der Waals surface area contributed by atoms with Crippen molar-refractivity contribution in [1.29, 1.82) is 0 Å². The lowest BCUT2D eigenvalue weighted by molar-refractivity contribution is 0.0360. The van der Waals surface area contributed by atoms with E-state index in [1.807, 2.05) is 0 Å². The van der Waals surface area contributed by atoms with Crippen molar-refractivity contribution in [3.8, 4) is 5.75 Å². The number of pyridine rings is 1. The number of carbonyl (C=O) groups is 2. The molecule has 0 bridgehead atoms. The minimum Gasteiger partial charge on any atom is -0.502 e. The number of aromatic hydroxyl groups is 1. The van der Waals surface area contributed by atoms with Crippen LogP contribution in [0.2, 0.25) is 5.02 Å². The highest BCUT2D eigenvalue weighted by Crippen LogP contribution is 2.29. The van der Waals surface area contributed by atoms with Crippen molar-refractivity contribution in [2.24, 2.45) is 0 Å². The fraction of sp³-hybridized carbons (Fsp3) is 0.458. The summed E-state index contributed by atoms with van der Waals surface area (Å²) in [5.41, 5.74) is 0.167. The van der Waals surface area contributed by atoms with Gasteiger partial charge in [-0.05, 0) is 24.1 Å². The van der Waals surface area contributed by atoms with E-state index in [9.17, 15) is 23.9 Å². The van der Waals surface area contributed by atoms with Gasteiger partial charge in [-0.1, -0.05) is 17.7 Å². The van der Waals surface area contributed by atoms with Gasteiger partial charge < -0.3 is 19.6 Å². The first-order chi connectivity index (χ1) is 16.7. The van der Waals surface area contributed by atoms with Crippen molar-refractivity contribution in [1.82, 2.24) is 19.3 Å². The van der Waals surface area contributed by atoms with E-state index in [2.05, 4.69) is 4.90 Å². The molecule has 0 spiro atoms. The highest BCUT2D eigenvalue weighted by Gasteiger charge is 2.35. The molecule has 1 aromatic carbocycles. The highest BCUT2D eigenvalue weighted by atomic mass is 35.5. The molecule has 0 aliphatic carbocycles. The molecule has 35 heavy (non-hydrogen) atoms. The second-order valence-electron chi connectivity index (χ2n) is 8.89. The Morgan fingerprint density at radius 1 is 1.17 bits per heavy atom. The van der Waals surface area contributed by atoms with E-state index in [0.29, 0.717) is 44.0 Å². The fourth-order valence-electron chi connectivity index (χ4n) is 4.49. The Kier molecular flexibility index (Phi) is 7.44. The highest BCUT2D eigenvalue weighted by molar-refractivity contribution is 6.30.